The molecule has 0 N–H and O–H groups in total. The first kappa shape index (κ1) is 29.4. The van der Waals surface area contributed by atoms with Crippen LogP contribution in [0.15, 0.2) is 64.2 Å². The highest BCUT2D eigenvalue weighted by molar-refractivity contribution is 5.91. The quantitative estimate of drug-likeness (QED) is 0.254. The maximum Gasteiger partial charge on any atom is 0.344 e. The average molecular weight is 537 g/mol. The maximum absolute atomic E-state index is 12.9. The molecule has 1 heterocycles. The van der Waals surface area contributed by atoms with Gasteiger partial charge in [0.05, 0.1) is 29.8 Å². The number of esters is 2. The summed E-state index contributed by atoms with van der Waals surface area (Å²) < 4.78 is 18.8. The fourth-order valence-corrected chi connectivity index (χ4v) is 3.71. The fraction of sp³-hybridized carbons (Fsp3) is 0.400. The van der Waals surface area contributed by atoms with Gasteiger partial charge in [-0.15, -0.1) is 0 Å². The van der Waals surface area contributed by atoms with Crippen LogP contribution in [0, 0.1) is 5.41 Å². The minimum absolute atomic E-state index is 0.0831. The Bertz CT molecular complexity index is 1400. The van der Waals surface area contributed by atoms with Crippen LogP contribution >= 0.6 is 0 Å². The van der Waals surface area contributed by atoms with Gasteiger partial charge in [-0.1, -0.05) is 37.3 Å². The van der Waals surface area contributed by atoms with E-state index in [9.17, 15) is 19.2 Å². The monoisotopic (exact) mass is 536 g/mol. The van der Waals surface area contributed by atoms with Crippen LogP contribution in [0.4, 0.5) is 0 Å². The molecule has 0 saturated carbocycles. The Hall–Kier alpha value is -4.14. The van der Waals surface area contributed by atoms with Gasteiger partial charge in [0.1, 0.15) is 5.75 Å². The fourth-order valence-electron chi connectivity index (χ4n) is 3.71. The summed E-state index contributed by atoms with van der Waals surface area (Å²) in [4.78, 5) is 50.4. The van der Waals surface area contributed by atoms with Crippen LogP contribution in [-0.2, 0) is 30.0 Å². The number of benzene rings is 2. The number of unbranched alkanes of at least 4 members (excludes halogenated alkanes) is 1. The molecule has 0 aliphatic rings. The van der Waals surface area contributed by atoms with Crippen molar-refractivity contribution in [3.63, 3.8) is 0 Å². The van der Waals surface area contributed by atoms with E-state index in [0.29, 0.717) is 31.8 Å². The zero-order chi connectivity index (χ0) is 28.6. The minimum Gasteiger partial charge on any atom is -0.494 e. The molecule has 1 aromatic heterocycles. The number of carbonyl (C=O) groups is 2. The number of nitrogens with zero attached hydrogens (tertiary/aromatic N) is 2. The van der Waals surface area contributed by atoms with E-state index in [-0.39, 0.29) is 29.4 Å². The second-order valence-corrected chi connectivity index (χ2v) is 9.99. The van der Waals surface area contributed by atoms with Gasteiger partial charge < -0.3 is 14.2 Å². The van der Waals surface area contributed by atoms with Crippen LogP contribution in [-0.4, -0.2) is 34.3 Å². The summed E-state index contributed by atoms with van der Waals surface area (Å²) in [6.07, 6.45) is 2.29. The van der Waals surface area contributed by atoms with Crippen LogP contribution in [0.1, 0.15) is 61.5 Å². The summed E-state index contributed by atoms with van der Waals surface area (Å²) in [5.41, 5.74) is -0.290. The first-order valence-electron chi connectivity index (χ1n) is 13.0. The Balaban J connectivity index is 1.61. The summed E-state index contributed by atoms with van der Waals surface area (Å²) in [5.74, 6) is -0.408. The smallest absolute Gasteiger partial charge is 0.344 e. The average Bonchev–Trinajstić information content (AvgIpc) is 2.95. The third-order valence-corrected chi connectivity index (χ3v) is 6.68. The molecule has 0 aliphatic heterocycles. The standard InChI is InChI=1S/C30H36N2O7/c1-6-30(2,3)28(35)38-19-11-10-18-37-23-16-14-22(15-17-23)27(34)39-26-24(20-21-12-8-7-9-13-21)25(33)31(4)29(36)32(26)5/h7-9,12-17H,6,10-11,18-20H2,1-5H3. The van der Waals surface area contributed by atoms with Gasteiger partial charge >= 0.3 is 17.6 Å². The highest BCUT2D eigenvalue weighted by Crippen LogP contribution is 2.22. The molecule has 0 unspecified atom stereocenters. The minimum atomic E-state index is -0.698. The second kappa shape index (κ2) is 13.1. The van der Waals surface area contributed by atoms with Crippen LogP contribution in [0.3, 0.4) is 0 Å². The summed E-state index contributed by atoms with van der Waals surface area (Å²) in [7, 11) is 2.85. The SMILES string of the molecule is CCC(C)(C)C(=O)OCCCCOc1ccc(C(=O)Oc2c(Cc3ccccc3)c(=O)n(C)c(=O)n2C)cc1. The molecule has 9 nitrogen and oxygen atoms in total. The normalized spacial score (nSPS) is 11.2. The number of ether oxygens (including phenoxy) is 3. The van der Waals surface area contributed by atoms with Gasteiger partial charge in [0.25, 0.3) is 5.56 Å². The Morgan fingerprint density at radius 3 is 2.15 bits per heavy atom. The van der Waals surface area contributed by atoms with Gasteiger partial charge in [0, 0.05) is 20.5 Å². The molecule has 0 radical (unpaired) electrons. The molecule has 2 aromatic carbocycles. The Morgan fingerprint density at radius 1 is 0.872 bits per heavy atom. The van der Waals surface area contributed by atoms with Crippen molar-refractivity contribution in [1.82, 2.24) is 9.13 Å². The Morgan fingerprint density at radius 2 is 1.51 bits per heavy atom. The summed E-state index contributed by atoms with van der Waals surface area (Å²) in [5, 5.41) is 0. The van der Waals surface area contributed by atoms with Crippen molar-refractivity contribution in [2.75, 3.05) is 13.2 Å². The lowest BCUT2D eigenvalue weighted by Crippen LogP contribution is -2.40. The molecule has 0 saturated heterocycles. The zero-order valence-electron chi connectivity index (χ0n) is 23.2. The van der Waals surface area contributed by atoms with E-state index < -0.39 is 22.6 Å². The lowest BCUT2D eigenvalue weighted by molar-refractivity contribution is -0.154. The number of hydrogen-bond acceptors (Lipinski definition) is 7. The number of carbonyl (C=O) groups excluding carboxylic acids is 2. The second-order valence-electron chi connectivity index (χ2n) is 9.99. The van der Waals surface area contributed by atoms with Crippen LogP contribution in [0.2, 0.25) is 0 Å². The third kappa shape index (κ3) is 7.46. The Kier molecular flexibility index (Phi) is 9.87. The maximum atomic E-state index is 12.9. The van der Waals surface area contributed by atoms with E-state index in [1.165, 1.54) is 14.1 Å². The summed E-state index contributed by atoms with van der Waals surface area (Å²) in [6.45, 7) is 6.45. The first-order valence-corrected chi connectivity index (χ1v) is 13.0. The van der Waals surface area contributed by atoms with Gasteiger partial charge in [0.2, 0.25) is 5.88 Å². The Labute approximate surface area is 228 Å². The highest BCUT2D eigenvalue weighted by Gasteiger charge is 2.26. The molecular weight excluding hydrogens is 500 g/mol. The molecule has 0 spiro atoms. The highest BCUT2D eigenvalue weighted by atomic mass is 16.5. The predicted molar refractivity (Wildman–Crippen MR) is 147 cm³/mol. The molecule has 0 amide bonds. The molecule has 208 valence electrons. The molecule has 0 bridgehead atoms. The van der Waals surface area contributed by atoms with Crippen molar-refractivity contribution in [2.45, 2.75) is 46.5 Å². The molecule has 39 heavy (non-hydrogen) atoms. The first-order chi connectivity index (χ1) is 18.5. The van der Waals surface area contributed by atoms with Gasteiger partial charge in [-0.25, -0.2) is 9.59 Å². The van der Waals surface area contributed by atoms with Gasteiger partial charge in [-0.3, -0.25) is 18.7 Å². The van der Waals surface area contributed by atoms with Crippen LogP contribution in [0.25, 0.3) is 0 Å². The van der Waals surface area contributed by atoms with Crippen molar-refractivity contribution in [3.8, 4) is 11.6 Å². The van der Waals surface area contributed by atoms with Gasteiger partial charge in [-0.2, -0.15) is 0 Å². The third-order valence-electron chi connectivity index (χ3n) is 6.68. The van der Waals surface area contributed by atoms with E-state index in [4.69, 9.17) is 14.2 Å². The van der Waals surface area contributed by atoms with E-state index in [0.717, 1.165) is 21.1 Å². The van der Waals surface area contributed by atoms with Gasteiger partial charge in [0.15, 0.2) is 0 Å². The summed E-state index contributed by atoms with van der Waals surface area (Å²) >= 11 is 0. The molecule has 0 aliphatic carbocycles. The lowest BCUT2D eigenvalue weighted by Gasteiger charge is -2.20. The molecular formula is C30H36N2O7. The number of aromatic nitrogens is 2. The largest absolute Gasteiger partial charge is 0.494 e. The predicted octanol–water partition coefficient (Wildman–Crippen LogP) is 4.03. The molecule has 0 atom stereocenters. The number of rotatable bonds is 12. The summed E-state index contributed by atoms with van der Waals surface area (Å²) in [6, 6.07) is 15.7. The van der Waals surface area contributed by atoms with Crippen LogP contribution in [0.5, 0.6) is 11.6 Å². The van der Waals surface area contributed by atoms with Crippen molar-refractivity contribution >= 4 is 11.9 Å². The zero-order valence-corrected chi connectivity index (χ0v) is 23.2. The van der Waals surface area contributed by atoms with Crippen molar-refractivity contribution in [1.29, 1.82) is 0 Å². The van der Waals surface area contributed by atoms with Crippen molar-refractivity contribution in [3.05, 3.63) is 92.1 Å². The van der Waals surface area contributed by atoms with Crippen LogP contribution < -0.4 is 20.7 Å². The van der Waals surface area contributed by atoms with E-state index in [1.807, 2.05) is 51.1 Å². The molecule has 0 fully saturated rings. The molecule has 3 aromatic rings. The lowest BCUT2D eigenvalue weighted by atomic mass is 9.91. The molecule has 3 rings (SSSR count). The molecule has 9 heteroatoms. The van der Waals surface area contributed by atoms with E-state index >= 15 is 0 Å². The van der Waals surface area contributed by atoms with E-state index in [1.54, 1.807) is 24.3 Å². The van der Waals surface area contributed by atoms with Gasteiger partial charge in [-0.05, 0) is 62.9 Å². The topological polar surface area (TPSA) is 106 Å². The number of hydrogen-bond donors (Lipinski definition) is 0. The van der Waals surface area contributed by atoms with Crippen molar-refractivity contribution < 1.29 is 23.8 Å². The van der Waals surface area contributed by atoms with Crippen molar-refractivity contribution in [2.24, 2.45) is 19.5 Å². The van der Waals surface area contributed by atoms with E-state index in [2.05, 4.69) is 0 Å².